The number of alkyl halides is 10. The number of rotatable bonds is 5. The first-order valence-corrected chi connectivity index (χ1v) is 6.59. The summed E-state index contributed by atoms with van der Waals surface area (Å²) in [6.07, 6.45) is -22.6. The molecule has 0 aliphatic carbocycles. The first-order valence-electron chi connectivity index (χ1n) is 6.59. The van der Waals surface area contributed by atoms with Gasteiger partial charge in [0.05, 0.1) is 11.8 Å². The van der Waals surface area contributed by atoms with Gasteiger partial charge in [-0.25, -0.2) is 0 Å². The Morgan fingerprint density at radius 3 is 1.74 bits per heavy atom. The molecule has 1 heterocycles. The van der Waals surface area contributed by atoms with Gasteiger partial charge in [0.2, 0.25) is 0 Å². The van der Waals surface area contributed by atoms with Crippen molar-refractivity contribution in [2.75, 3.05) is 0 Å². The highest BCUT2D eigenvalue weighted by Gasteiger charge is 2.62. The number of halogens is 10. The quantitative estimate of drug-likeness (QED) is 0.564. The van der Waals surface area contributed by atoms with Crippen LogP contribution >= 0.6 is 0 Å². The molecule has 0 N–H and O–H groups in total. The van der Waals surface area contributed by atoms with Crippen LogP contribution in [0.2, 0.25) is 0 Å². The van der Waals surface area contributed by atoms with E-state index in [0.29, 0.717) is 18.2 Å². The zero-order chi connectivity index (χ0) is 20.7. The molecular weight excluding hydrogens is 406 g/mol. The van der Waals surface area contributed by atoms with Gasteiger partial charge in [0.15, 0.2) is 0 Å². The van der Waals surface area contributed by atoms with Gasteiger partial charge in [-0.2, -0.15) is 43.9 Å². The monoisotopic (exact) mass is 412 g/mol. The summed E-state index contributed by atoms with van der Waals surface area (Å²) in [6, 6.07) is 3.10. The van der Waals surface area contributed by atoms with E-state index in [1.54, 1.807) is 0 Å². The summed E-state index contributed by atoms with van der Waals surface area (Å²) >= 11 is 0. The lowest BCUT2D eigenvalue weighted by Crippen LogP contribution is -2.42. The third kappa shape index (κ3) is 4.39. The zero-order valence-corrected chi connectivity index (χ0v) is 12.5. The minimum Gasteiger partial charge on any atom is -0.464 e. The van der Waals surface area contributed by atoms with Crippen LogP contribution in [0.4, 0.5) is 43.9 Å². The third-order valence-corrected chi connectivity index (χ3v) is 2.88. The topological polar surface area (TPSA) is 31.6 Å². The molecule has 0 saturated carbocycles. The van der Waals surface area contributed by atoms with Crippen molar-refractivity contribution in [2.45, 2.75) is 24.6 Å². The average molecular weight is 412 g/mol. The van der Waals surface area contributed by atoms with Gasteiger partial charge in [-0.3, -0.25) is 0 Å². The van der Waals surface area contributed by atoms with Crippen LogP contribution in [0.25, 0.3) is 11.3 Å². The molecule has 0 amide bonds. The van der Waals surface area contributed by atoms with Crippen molar-refractivity contribution >= 4 is 0 Å². The third-order valence-electron chi connectivity index (χ3n) is 2.88. The van der Waals surface area contributed by atoms with Gasteiger partial charge in [-0.15, -0.1) is 0 Å². The minimum atomic E-state index is -6.12. The number of furan rings is 1. The maximum Gasteiger partial charge on any atom is 0.499 e. The lowest BCUT2D eigenvalue weighted by Gasteiger charge is -2.23. The molecule has 0 saturated heterocycles. The fraction of sp³-hybridized carbons (Fsp3) is 0.286. The summed E-state index contributed by atoms with van der Waals surface area (Å²) < 4.78 is 137. The molecule has 0 bridgehead atoms. The lowest BCUT2D eigenvalue weighted by molar-refractivity contribution is -0.361. The molecule has 27 heavy (non-hydrogen) atoms. The summed E-state index contributed by atoms with van der Waals surface area (Å²) in [6.45, 7) is 0. The van der Waals surface area contributed by atoms with Crippen molar-refractivity contribution < 1.29 is 57.8 Å². The minimum absolute atomic E-state index is 0.299. The highest BCUT2D eigenvalue weighted by molar-refractivity contribution is 5.68. The van der Waals surface area contributed by atoms with Crippen molar-refractivity contribution in [3.05, 3.63) is 36.6 Å². The molecule has 13 heteroatoms. The average Bonchev–Trinajstić information content (AvgIpc) is 3.00. The summed E-state index contributed by atoms with van der Waals surface area (Å²) in [5.41, 5.74) is -0.778. The van der Waals surface area contributed by atoms with Crippen molar-refractivity contribution in [3.63, 3.8) is 0 Å². The van der Waals surface area contributed by atoms with Crippen LogP contribution in [0.3, 0.4) is 0 Å². The number of hydrogen-bond acceptors (Lipinski definition) is 3. The van der Waals surface area contributed by atoms with Gasteiger partial charge in [0, 0.05) is 0 Å². The Morgan fingerprint density at radius 2 is 1.26 bits per heavy atom. The molecule has 0 unspecified atom stereocenters. The predicted molar refractivity (Wildman–Crippen MR) is 67.4 cm³/mol. The Kier molecular flexibility index (Phi) is 5.01. The van der Waals surface area contributed by atoms with Gasteiger partial charge in [0.25, 0.3) is 0 Å². The Balaban J connectivity index is 2.46. The van der Waals surface area contributed by atoms with Crippen LogP contribution in [-0.2, 0) is 0 Å². The van der Waals surface area contributed by atoms with E-state index in [2.05, 4.69) is 9.47 Å². The molecule has 3 nitrogen and oxygen atoms in total. The second-order valence-electron chi connectivity index (χ2n) is 4.87. The van der Waals surface area contributed by atoms with Gasteiger partial charge >= 0.3 is 24.6 Å². The number of benzene rings is 1. The maximum absolute atomic E-state index is 13.1. The molecule has 0 aliphatic rings. The fourth-order valence-electron chi connectivity index (χ4n) is 1.69. The Bertz CT molecular complexity index is 777. The van der Waals surface area contributed by atoms with Crippen LogP contribution < -0.4 is 9.47 Å². The van der Waals surface area contributed by atoms with Crippen LogP contribution in [-0.4, -0.2) is 24.6 Å². The van der Waals surface area contributed by atoms with E-state index in [4.69, 9.17) is 4.42 Å². The van der Waals surface area contributed by atoms with E-state index in [1.807, 2.05) is 0 Å². The molecule has 0 aliphatic heterocycles. The normalized spacial score (nSPS) is 13.6. The molecule has 1 aromatic heterocycles. The maximum atomic E-state index is 13.1. The van der Waals surface area contributed by atoms with Gasteiger partial charge in [0.1, 0.15) is 17.3 Å². The number of hydrogen-bond donors (Lipinski definition) is 0. The van der Waals surface area contributed by atoms with Crippen molar-refractivity contribution in [1.82, 2.24) is 0 Å². The van der Waals surface area contributed by atoms with Crippen molar-refractivity contribution in [1.29, 1.82) is 0 Å². The highest BCUT2D eigenvalue weighted by atomic mass is 19.4. The van der Waals surface area contributed by atoms with E-state index in [-0.39, 0.29) is 0 Å². The summed E-state index contributed by atoms with van der Waals surface area (Å²) in [5.74, 6) is -2.84. The van der Waals surface area contributed by atoms with E-state index in [9.17, 15) is 43.9 Å². The fourth-order valence-corrected chi connectivity index (χ4v) is 1.69. The van der Waals surface area contributed by atoms with E-state index >= 15 is 0 Å². The van der Waals surface area contributed by atoms with Gasteiger partial charge < -0.3 is 13.9 Å². The van der Waals surface area contributed by atoms with Crippen LogP contribution in [0.15, 0.2) is 41.0 Å². The number of ether oxygens (including phenoxy) is 2. The standard InChI is InChI=1S/C14H6F10O3/c15-11(16,17)13(21,22)26-7-3-4-10(27-14(23,24)12(18,19)20)8(6-7)9-2-1-5-25-9/h1-6H. The zero-order valence-electron chi connectivity index (χ0n) is 12.5. The van der Waals surface area contributed by atoms with E-state index in [0.717, 1.165) is 18.4 Å². The Hall–Kier alpha value is -2.60. The van der Waals surface area contributed by atoms with Crippen molar-refractivity contribution in [2.24, 2.45) is 0 Å². The molecule has 1 aromatic carbocycles. The lowest BCUT2D eigenvalue weighted by atomic mass is 10.1. The SMILES string of the molecule is FC(F)(F)C(F)(F)Oc1ccc(OC(F)(F)C(F)(F)F)c(-c2ccco2)c1. The highest BCUT2D eigenvalue weighted by Crippen LogP contribution is 2.43. The summed E-state index contributed by atoms with van der Waals surface area (Å²) in [4.78, 5) is 0. The second kappa shape index (κ2) is 6.53. The summed E-state index contributed by atoms with van der Waals surface area (Å²) in [5, 5.41) is 0. The molecular formula is C14H6F10O3. The predicted octanol–water partition coefficient (Wildman–Crippen LogP) is 6.01. The van der Waals surface area contributed by atoms with Crippen molar-refractivity contribution in [3.8, 4) is 22.8 Å². The summed E-state index contributed by atoms with van der Waals surface area (Å²) in [7, 11) is 0. The van der Waals surface area contributed by atoms with Crippen LogP contribution in [0.5, 0.6) is 11.5 Å². The molecule has 0 atom stereocenters. The largest absolute Gasteiger partial charge is 0.499 e. The Labute approximate surface area is 143 Å². The molecule has 0 fully saturated rings. The first kappa shape index (κ1) is 20.7. The Morgan fingerprint density at radius 1 is 0.704 bits per heavy atom. The molecule has 2 rings (SSSR count). The smallest absolute Gasteiger partial charge is 0.464 e. The van der Waals surface area contributed by atoms with E-state index in [1.165, 1.54) is 0 Å². The first-order chi connectivity index (χ1) is 12.1. The molecule has 0 radical (unpaired) electrons. The van der Waals surface area contributed by atoms with E-state index < -0.39 is 47.4 Å². The molecule has 150 valence electrons. The molecule has 0 spiro atoms. The van der Waals surface area contributed by atoms with Gasteiger partial charge in [-0.05, 0) is 30.3 Å². The van der Waals surface area contributed by atoms with Crippen LogP contribution in [0, 0.1) is 0 Å². The second-order valence-corrected chi connectivity index (χ2v) is 4.87. The van der Waals surface area contributed by atoms with Gasteiger partial charge in [-0.1, -0.05) is 0 Å². The molecule has 2 aromatic rings. The van der Waals surface area contributed by atoms with Crippen LogP contribution in [0.1, 0.15) is 0 Å².